The van der Waals surface area contributed by atoms with E-state index < -0.39 is 12.0 Å². The lowest BCUT2D eigenvalue weighted by Gasteiger charge is -2.33. The minimum Gasteiger partial charge on any atom is -0.370 e. The van der Waals surface area contributed by atoms with Crippen molar-refractivity contribution in [2.45, 2.75) is 31.9 Å². The lowest BCUT2D eigenvalue weighted by molar-refractivity contribution is -0.144. The number of rotatable bonds is 4. The van der Waals surface area contributed by atoms with Gasteiger partial charge in [-0.3, -0.25) is 4.79 Å². The van der Waals surface area contributed by atoms with E-state index in [4.69, 9.17) is 0 Å². The number of anilines is 1. The second-order valence-corrected chi connectivity index (χ2v) is 6.21. The minimum atomic E-state index is -4.55. The number of likely N-dealkylation sites (tertiary alicyclic amines) is 1. The van der Waals surface area contributed by atoms with Gasteiger partial charge in [-0.1, -0.05) is 0 Å². The standard InChI is InChI=1S/C15H19F3N4O/c16-15(17,18)14-19-6-5-12(21-14)20-8-10-2-1-7-22(9-10)13(23)11-3-4-11/h5-6,10-11H,1-4,7-9H2,(H,19,20,21)/t10-/m1/s1. The molecule has 23 heavy (non-hydrogen) atoms. The van der Waals surface area contributed by atoms with Gasteiger partial charge in [-0.25, -0.2) is 9.97 Å². The average molecular weight is 328 g/mol. The summed E-state index contributed by atoms with van der Waals surface area (Å²) in [6.45, 7) is 1.96. The zero-order valence-electron chi connectivity index (χ0n) is 12.6. The predicted molar refractivity (Wildman–Crippen MR) is 77.6 cm³/mol. The topological polar surface area (TPSA) is 58.1 Å². The predicted octanol–water partition coefficient (Wildman–Crippen LogP) is 2.56. The van der Waals surface area contributed by atoms with E-state index in [-0.39, 0.29) is 23.6 Å². The summed E-state index contributed by atoms with van der Waals surface area (Å²) in [7, 11) is 0. The number of piperidine rings is 1. The third-order valence-corrected chi connectivity index (χ3v) is 4.24. The van der Waals surface area contributed by atoms with Crippen LogP contribution >= 0.6 is 0 Å². The van der Waals surface area contributed by atoms with Crippen molar-refractivity contribution in [3.8, 4) is 0 Å². The summed E-state index contributed by atoms with van der Waals surface area (Å²) >= 11 is 0. The molecular formula is C15H19F3N4O. The molecule has 1 atom stereocenters. The Kier molecular flexibility index (Phi) is 4.41. The van der Waals surface area contributed by atoms with E-state index in [1.807, 2.05) is 4.90 Å². The van der Waals surface area contributed by atoms with Gasteiger partial charge in [0.1, 0.15) is 5.82 Å². The Bertz CT molecular complexity index is 574. The van der Waals surface area contributed by atoms with Gasteiger partial charge in [-0.05, 0) is 37.7 Å². The maximum absolute atomic E-state index is 12.6. The monoisotopic (exact) mass is 328 g/mol. The number of aromatic nitrogens is 2. The van der Waals surface area contributed by atoms with Crippen molar-refractivity contribution >= 4 is 11.7 Å². The molecule has 126 valence electrons. The smallest absolute Gasteiger partial charge is 0.370 e. The molecule has 1 saturated heterocycles. The van der Waals surface area contributed by atoms with Crippen LogP contribution in [0.25, 0.3) is 0 Å². The summed E-state index contributed by atoms with van der Waals surface area (Å²) in [4.78, 5) is 20.7. The largest absolute Gasteiger partial charge is 0.451 e. The highest BCUT2D eigenvalue weighted by Crippen LogP contribution is 2.32. The third kappa shape index (κ3) is 4.11. The molecule has 0 aromatic carbocycles. The van der Waals surface area contributed by atoms with Crippen LogP contribution in [0.1, 0.15) is 31.5 Å². The molecule has 2 aliphatic rings. The first-order valence-corrected chi connectivity index (χ1v) is 7.86. The Balaban J connectivity index is 1.54. The maximum atomic E-state index is 12.6. The Morgan fingerprint density at radius 3 is 2.83 bits per heavy atom. The molecule has 1 aromatic rings. The Labute approximate surface area is 132 Å². The molecule has 8 heteroatoms. The molecule has 3 rings (SSSR count). The SMILES string of the molecule is O=C(C1CC1)N1CCC[C@H](CNc2ccnc(C(F)(F)F)n2)C1. The minimum absolute atomic E-state index is 0.165. The van der Waals surface area contributed by atoms with Crippen LogP contribution in [0.3, 0.4) is 0 Å². The van der Waals surface area contributed by atoms with Crippen molar-refractivity contribution in [1.82, 2.24) is 14.9 Å². The number of carbonyl (C=O) groups is 1. The molecule has 1 aliphatic heterocycles. The molecule has 0 unspecified atom stereocenters. The first-order valence-electron chi connectivity index (χ1n) is 7.86. The summed E-state index contributed by atoms with van der Waals surface area (Å²) in [5.41, 5.74) is 0. The van der Waals surface area contributed by atoms with Crippen molar-refractivity contribution in [3.63, 3.8) is 0 Å². The van der Waals surface area contributed by atoms with Crippen molar-refractivity contribution in [2.24, 2.45) is 11.8 Å². The molecule has 1 amide bonds. The quantitative estimate of drug-likeness (QED) is 0.923. The lowest BCUT2D eigenvalue weighted by Crippen LogP contribution is -2.42. The van der Waals surface area contributed by atoms with Crippen molar-refractivity contribution in [2.75, 3.05) is 25.0 Å². The van der Waals surface area contributed by atoms with Crippen LogP contribution < -0.4 is 5.32 Å². The van der Waals surface area contributed by atoms with Gasteiger partial charge in [-0.2, -0.15) is 13.2 Å². The van der Waals surface area contributed by atoms with E-state index in [2.05, 4.69) is 15.3 Å². The molecule has 2 fully saturated rings. The molecule has 0 spiro atoms. The van der Waals surface area contributed by atoms with Crippen molar-refractivity contribution in [3.05, 3.63) is 18.1 Å². The van der Waals surface area contributed by atoms with Gasteiger partial charge in [0.05, 0.1) is 0 Å². The fourth-order valence-electron chi connectivity index (χ4n) is 2.86. The van der Waals surface area contributed by atoms with Gasteiger partial charge in [0, 0.05) is 31.7 Å². The fourth-order valence-corrected chi connectivity index (χ4v) is 2.86. The zero-order valence-corrected chi connectivity index (χ0v) is 12.6. The van der Waals surface area contributed by atoms with Gasteiger partial charge in [0.15, 0.2) is 0 Å². The molecule has 0 radical (unpaired) electrons. The van der Waals surface area contributed by atoms with Crippen molar-refractivity contribution < 1.29 is 18.0 Å². The number of nitrogens with zero attached hydrogens (tertiary/aromatic N) is 3. The van der Waals surface area contributed by atoms with Crippen molar-refractivity contribution in [1.29, 1.82) is 0 Å². The zero-order chi connectivity index (χ0) is 16.4. The van der Waals surface area contributed by atoms with Crippen LogP contribution in [0.15, 0.2) is 12.3 Å². The summed E-state index contributed by atoms with van der Waals surface area (Å²) in [6.07, 6.45) is 0.414. The highest BCUT2D eigenvalue weighted by Gasteiger charge is 2.36. The Hall–Kier alpha value is -1.86. The van der Waals surface area contributed by atoms with E-state index in [0.29, 0.717) is 13.1 Å². The lowest BCUT2D eigenvalue weighted by atomic mass is 9.97. The third-order valence-electron chi connectivity index (χ3n) is 4.24. The molecule has 1 aliphatic carbocycles. The van der Waals surface area contributed by atoms with Crippen LogP contribution in [-0.4, -0.2) is 40.4 Å². The highest BCUT2D eigenvalue weighted by molar-refractivity contribution is 5.81. The molecule has 5 nitrogen and oxygen atoms in total. The number of amides is 1. The summed E-state index contributed by atoms with van der Waals surface area (Å²) in [5, 5.41) is 2.94. The van der Waals surface area contributed by atoms with Gasteiger partial charge in [-0.15, -0.1) is 0 Å². The van der Waals surface area contributed by atoms with E-state index >= 15 is 0 Å². The second kappa shape index (κ2) is 6.33. The van der Waals surface area contributed by atoms with Crippen LogP contribution in [-0.2, 0) is 11.0 Å². The number of hydrogen-bond donors (Lipinski definition) is 1. The Morgan fingerprint density at radius 1 is 1.35 bits per heavy atom. The van der Waals surface area contributed by atoms with E-state index in [9.17, 15) is 18.0 Å². The van der Waals surface area contributed by atoms with Crippen LogP contribution in [0, 0.1) is 11.8 Å². The number of halogens is 3. The number of hydrogen-bond acceptors (Lipinski definition) is 4. The summed E-state index contributed by atoms with van der Waals surface area (Å²) in [6, 6.07) is 1.42. The fraction of sp³-hybridized carbons (Fsp3) is 0.667. The summed E-state index contributed by atoms with van der Waals surface area (Å²) < 4.78 is 37.8. The normalized spacial score (nSPS) is 22.0. The van der Waals surface area contributed by atoms with Gasteiger partial charge < -0.3 is 10.2 Å². The molecule has 1 saturated carbocycles. The van der Waals surface area contributed by atoms with E-state index in [1.54, 1.807) is 0 Å². The number of nitrogens with one attached hydrogen (secondary N) is 1. The van der Waals surface area contributed by atoms with E-state index in [0.717, 1.165) is 38.4 Å². The molecular weight excluding hydrogens is 309 g/mol. The number of alkyl halides is 3. The molecule has 1 N–H and O–H groups in total. The first-order chi connectivity index (χ1) is 10.9. The Morgan fingerprint density at radius 2 is 2.13 bits per heavy atom. The summed E-state index contributed by atoms with van der Waals surface area (Å²) in [5.74, 6) is -0.306. The van der Waals surface area contributed by atoms with Crippen LogP contribution in [0.4, 0.5) is 19.0 Å². The average Bonchev–Trinajstić information content (AvgIpc) is 3.37. The molecule has 2 heterocycles. The van der Waals surface area contributed by atoms with Gasteiger partial charge >= 0.3 is 6.18 Å². The van der Waals surface area contributed by atoms with E-state index in [1.165, 1.54) is 6.07 Å². The molecule has 1 aromatic heterocycles. The second-order valence-electron chi connectivity index (χ2n) is 6.21. The first kappa shape index (κ1) is 16.0. The maximum Gasteiger partial charge on any atom is 0.451 e. The van der Waals surface area contributed by atoms with Crippen LogP contribution in [0.2, 0.25) is 0 Å². The number of carbonyl (C=O) groups excluding carboxylic acids is 1. The van der Waals surface area contributed by atoms with Crippen LogP contribution in [0.5, 0.6) is 0 Å². The highest BCUT2D eigenvalue weighted by atomic mass is 19.4. The van der Waals surface area contributed by atoms with Gasteiger partial charge in [0.25, 0.3) is 0 Å². The van der Waals surface area contributed by atoms with Gasteiger partial charge in [0.2, 0.25) is 11.7 Å². The molecule has 0 bridgehead atoms.